The van der Waals surface area contributed by atoms with Gasteiger partial charge in [-0.3, -0.25) is 14.4 Å². The molecule has 1 aliphatic heterocycles. The lowest BCUT2D eigenvalue weighted by atomic mass is 10.1. The average molecular weight is 603 g/mol. The van der Waals surface area contributed by atoms with Gasteiger partial charge in [0.2, 0.25) is 0 Å². The van der Waals surface area contributed by atoms with Crippen LogP contribution >= 0.6 is 11.3 Å². The van der Waals surface area contributed by atoms with Crippen molar-refractivity contribution in [2.75, 3.05) is 19.7 Å². The van der Waals surface area contributed by atoms with Crippen LogP contribution in [0.15, 0.2) is 24.3 Å². The monoisotopic (exact) mass is 602 g/mol. The van der Waals surface area contributed by atoms with Gasteiger partial charge in [0.05, 0.1) is 18.0 Å². The number of ketones is 1. The Kier molecular flexibility index (Phi) is 10.4. The Hall–Kier alpha value is -3.93. The number of amides is 2. The number of hydrogen-bond donors (Lipinski definition) is 1. The fraction of sp³-hybridized carbons (Fsp3) is 0.500. The predicted molar refractivity (Wildman–Crippen MR) is 155 cm³/mol. The summed E-state index contributed by atoms with van der Waals surface area (Å²) < 4.78 is 21.4. The standard InChI is InChI=1S/C30H38N2O9S/c1-18(33)38-16-21-12-19(8-9-23(21)39-17-26(35)40-29(2,3)4)22(34)14-31-27(36)25-13-20-15-32(11-10-24(20)42-25)28(37)41-30(5,6)7/h8-9,12-13H,10-11,14-17H2,1-7H3,(H,31,36). The zero-order valence-corrected chi connectivity index (χ0v) is 25.9. The molecule has 2 aromatic rings. The fourth-order valence-corrected chi connectivity index (χ4v) is 5.05. The highest BCUT2D eigenvalue weighted by Crippen LogP contribution is 2.29. The number of carbonyl (C=O) groups is 5. The van der Waals surface area contributed by atoms with E-state index in [0.717, 1.165) is 10.4 Å². The molecular weight excluding hydrogens is 564 g/mol. The van der Waals surface area contributed by atoms with E-state index < -0.39 is 35.1 Å². The molecule has 12 heteroatoms. The maximum atomic E-state index is 12.9. The molecule has 0 unspecified atom stereocenters. The Labute approximate surface area is 249 Å². The van der Waals surface area contributed by atoms with Crippen molar-refractivity contribution in [3.63, 3.8) is 0 Å². The molecule has 2 amide bonds. The largest absolute Gasteiger partial charge is 0.481 e. The van der Waals surface area contributed by atoms with E-state index in [0.29, 0.717) is 30.0 Å². The van der Waals surface area contributed by atoms with E-state index in [1.165, 1.54) is 36.5 Å². The first kappa shape index (κ1) is 32.6. The van der Waals surface area contributed by atoms with Gasteiger partial charge >= 0.3 is 18.0 Å². The van der Waals surface area contributed by atoms with Crippen LogP contribution in [0.1, 0.15) is 84.5 Å². The van der Waals surface area contributed by atoms with Gasteiger partial charge in [0.15, 0.2) is 12.4 Å². The minimum Gasteiger partial charge on any atom is -0.481 e. The Morgan fingerprint density at radius 1 is 0.976 bits per heavy atom. The van der Waals surface area contributed by atoms with Crippen molar-refractivity contribution in [2.45, 2.75) is 79.2 Å². The zero-order chi connectivity index (χ0) is 31.2. The van der Waals surface area contributed by atoms with Crippen LogP contribution < -0.4 is 10.1 Å². The van der Waals surface area contributed by atoms with Crippen molar-refractivity contribution in [1.82, 2.24) is 10.2 Å². The number of Topliss-reactive ketones (excluding diaryl/α,β-unsaturated/α-hetero) is 1. The van der Waals surface area contributed by atoms with Gasteiger partial charge in [0, 0.05) is 29.5 Å². The maximum absolute atomic E-state index is 12.9. The summed E-state index contributed by atoms with van der Waals surface area (Å²) in [5, 5.41) is 2.66. The second kappa shape index (κ2) is 13.4. The lowest BCUT2D eigenvalue weighted by Gasteiger charge is -2.29. The Morgan fingerprint density at radius 2 is 1.67 bits per heavy atom. The van der Waals surface area contributed by atoms with Crippen molar-refractivity contribution in [3.05, 3.63) is 50.7 Å². The summed E-state index contributed by atoms with van der Waals surface area (Å²) in [6.45, 7) is 11.9. The van der Waals surface area contributed by atoms with E-state index in [4.69, 9.17) is 18.9 Å². The molecule has 0 saturated heterocycles. The third-order valence-electron chi connectivity index (χ3n) is 5.73. The van der Waals surface area contributed by atoms with Crippen LogP contribution in [-0.2, 0) is 43.4 Å². The summed E-state index contributed by atoms with van der Waals surface area (Å²) in [6.07, 6.45) is 0.212. The van der Waals surface area contributed by atoms with Gasteiger partial charge in [-0.2, -0.15) is 0 Å². The number of rotatable bonds is 9. The van der Waals surface area contributed by atoms with Crippen molar-refractivity contribution < 1.29 is 42.9 Å². The van der Waals surface area contributed by atoms with E-state index in [1.807, 2.05) is 20.8 Å². The van der Waals surface area contributed by atoms with Crippen LogP contribution in [0.25, 0.3) is 0 Å². The topological polar surface area (TPSA) is 138 Å². The summed E-state index contributed by atoms with van der Waals surface area (Å²) in [5.41, 5.74) is 0.251. The van der Waals surface area contributed by atoms with Gasteiger partial charge in [-0.15, -0.1) is 11.3 Å². The highest BCUT2D eigenvalue weighted by Gasteiger charge is 2.28. The van der Waals surface area contributed by atoms with Crippen molar-refractivity contribution >= 4 is 41.1 Å². The van der Waals surface area contributed by atoms with E-state index in [1.54, 1.807) is 31.7 Å². The van der Waals surface area contributed by atoms with Crippen LogP contribution in [0.2, 0.25) is 0 Å². The van der Waals surface area contributed by atoms with Crippen LogP contribution in [-0.4, -0.2) is 65.5 Å². The maximum Gasteiger partial charge on any atom is 0.410 e. The number of nitrogens with one attached hydrogen (secondary N) is 1. The van der Waals surface area contributed by atoms with Gasteiger partial charge in [-0.05, 0) is 77.8 Å². The molecule has 0 atom stereocenters. The molecule has 0 saturated carbocycles. The van der Waals surface area contributed by atoms with Gasteiger partial charge < -0.3 is 29.2 Å². The Morgan fingerprint density at radius 3 is 2.31 bits per heavy atom. The molecule has 1 aliphatic rings. The van der Waals surface area contributed by atoms with Gasteiger partial charge in [0.1, 0.15) is 23.6 Å². The van der Waals surface area contributed by atoms with E-state index in [2.05, 4.69) is 5.32 Å². The lowest BCUT2D eigenvalue weighted by molar-refractivity contribution is -0.157. The first-order chi connectivity index (χ1) is 19.5. The highest BCUT2D eigenvalue weighted by molar-refractivity contribution is 7.14. The average Bonchev–Trinajstić information content (AvgIpc) is 3.31. The van der Waals surface area contributed by atoms with Crippen molar-refractivity contribution in [3.8, 4) is 5.75 Å². The molecule has 0 bridgehead atoms. The molecular formula is C30H38N2O9S. The number of hydrogen-bond acceptors (Lipinski definition) is 10. The van der Waals surface area contributed by atoms with E-state index in [9.17, 15) is 24.0 Å². The van der Waals surface area contributed by atoms with Crippen LogP contribution in [0, 0.1) is 0 Å². The number of benzene rings is 1. The van der Waals surface area contributed by atoms with Crippen LogP contribution in [0.4, 0.5) is 4.79 Å². The number of fused-ring (bicyclic) bond motifs is 1. The predicted octanol–water partition coefficient (Wildman–Crippen LogP) is 4.44. The number of nitrogens with zero attached hydrogens (tertiary/aromatic N) is 1. The van der Waals surface area contributed by atoms with Crippen molar-refractivity contribution in [1.29, 1.82) is 0 Å². The molecule has 0 fully saturated rings. The quantitative estimate of drug-likeness (QED) is 0.251. The smallest absolute Gasteiger partial charge is 0.410 e. The van der Waals surface area contributed by atoms with Crippen LogP contribution in [0.3, 0.4) is 0 Å². The molecule has 228 valence electrons. The van der Waals surface area contributed by atoms with E-state index >= 15 is 0 Å². The van der Waals surface area contributed by atoms with Gasteiger partial charge in [-0.25, -0.2) is 9.59 Å². The molecule has 3 rings (SSSR count). The zero-order valence-electron chi connectivity index (χ0n) is 25.1. The Bertz CT molecular complexity index is 1350. The molecule has 0 radical (unpaired) electrons. The second-order valence-electron chi connectivity index (χ2n) is 11.8. The summed E-state index contributed by atoms with van der Waals surface area (Å²) in [4.78, 5) is 64.8. The summed E-state index contributed by atoms with van der Waals surface area (Å²) in [7, 11) is 0. The van der Waals surface area contributed by atoms with Gasteiger partial charge in [-0.1, -0.05) is 0 Å². The normalized spacial score (nSPS) is 13.1. The van der Waals surface area contributed by atoms with Gasteiger partial charge in [0.25, 0.3) is 5.91 Å². The molecule has 11 nitrogen and oxygen atoms in total. The SMILES string of the molecule is CC(=O)OCc1cc(C(=O)CNC(=O)c2cc3c(s2)CCN(C(=O)OC(C)(C)C)C3)ccc1OCC(=O)OC(C)(C)C. The molecule has 1 aromatic carbocycles. The third kappa shape index (κ3) is 9.86. The minimum atomic E-state index is -0.676. The highest BCUT2D eigenvalue weighted by atomic mass is 32.1. The number of thiophene rings is 1. The Balaban J connectivity index is 1.62. The molecule has 1 aromatic heterocycles. The van der Waals surface area contributed by atoms with Crippen molar-refractivity contribution in [2.24, 2.45) is 0 Å². The number of esters is 2. The van der Waals surface area contributed by atoms with E-state index in [-0.39, 0.29) is 36.9 Å². The summed E-state index contributed by atoms with van der Waals surface area (Å²) in [6, 6.07) is 6.24. The first-order valence-corrected chi connectivity index (χ1v) is 14.3. The molecule has 0 aliphatic carbocycles. The lowest BCUT2D eigenvalue weighted by Crippen LogP contribution is -2.39. The molecule has 0 spiro atoms. The summed E-state index contributed by atoms with van der Waals surface area (Å²) in [5.74, 6) is -1.61. The third-order valence-corrected chi connectivity index (χ3v) is 6.97. The molecule has 1 N–H and O–H groups in total. The fourth-order valence-electron chi connectivity index (χ4n) is 3.97. The van der Waals surface area contributed by atoms with Crippen LogP contribution in [0.5, 0.6) is 5.75 Å². The summed E-state index contributed by atoms with van der Waals surface area (Å²) >= 11 is 1.34. The molecule has 42 heavy (non-hydrogen) atoms. The second-order valence-corrected chi connectivity index (χ2v) is 12.9. The number of ether oxygens (including phenoxy) is 4. The number of carbonyl (C=O) groups excluding carboxylic acids is 5. The first-order valence-electron chi connectivity index (χ1n) is 13.5. The molecule has 2 heterocycles. The minimum absolute atomic E-state index is 0.173.